The van der Waals surface area contributed by atoms with Crippen LogP contribution in [-0.4, -0.2) is 5.29 Å². The van der Waals surface area contributed by atoms with E-state index in [2.05, 4.69) is 41.3 Å². The normalized spacial score (nSPS) is 15.5. The Morgan fingerprint density at radius 3 is 1.58 bits per heavy atom. The lowest BCUT2D eigenvalue weighted by Gasteiger charge is -2.37. The molecule has 36 heavy (non-hydrogen) atoms. The Labute approximate surface area is 215 Å². The largest absolute Gasteiger partial charge is 0.308 e. The van der Waals surface area contributed by atoms with E-state index >= 15 is 0 Å². The molecule has 170 valence electrons. The van der Waals surface area contributed by atoms with E-state index < -0.39 is 6.89 Å². The fourth-order valence-electron chi connectivity index (χ4n) is 4.98. The molecule has 6 rings (SSSR count). The summed E-state index contributed by atoms with van der Waals surface area (Å²) in [6.07, 6.45) is 4.00. The summed E-state index contributed by atoms with van der Waals surface area (Å²) >= 11 is 1.74. The Balaban J connectivity index is 1.70. The quantitative estimate of drug-likeness (QED) is 0.287. The first-order valence-electron chi connectivity index (χ1n) is 11.6. The van der Waals surface area contributed by atoms with Crippen LogP contribution in [0.5, 0.6) is 0 Å². The third-order valence-electron chi connectivity index (χ3n) is 6.50. The van der Waals surface area contributed by atoms with Crippen molar-refractivity contribution in [3.63, 3.8) is 0 Å². The summed E-state index contributed by atoms with van der Waals surface area (Å²) in [7, 11) is 0. The zero-order valence-corrected chi connectivity index (χ0v) is 21.0. The molecule has 0 atom stereocenters. The molecule has 0 spiro atoms. The minimum atomic E-state index is -2.63. The maximum Gasteiger partial charge on any atom is 0.100 e. The predicted molar refractivity (Wildman–Crippen MR) is 151 cm³/mol. The molecule has 5 heteroatoms. The van der Waals surface area contributed by atoms with Crippen molar-refractivity contribution in [1.29, 1.82) is 10.5 Å². The summed E-state index contributed by atoms with van der Waals surface area (Å²) in [5.41, 5.74) is 2.91. The van der Waals surface area contributed by atoms with Crippen LogP contribution in [-0.2, 0) is 0 Å². The molecule has 4 aromatic carbocycles. The Morgan fingerprint density at radius 2 is 1.08 bits per heavy atom. The van der Waals surface area contributed by atoms with Gasteiger partial charge in [-0.3, -0.25) is 0 Å². The van der Waals surface area contributed by atoms with Gasteiger partial charge < -0.3 is 4.90 Å². The highest BCUT2D eigenvalue weighted by Gasteiger charge is 2.36. The molecule has 0 bridgehead atoms. The summed E-state index contributed by atoms with van der Waals surface area (Å²) < 4.78 is 0. The molecule has 2 aliphatic heterocycles. The zero-order valence-electron chi connectivity index (χ0n) is 19.2. The number of allylic oxidation sites excluding steroid dienone is 3. The van der Waals surface area contributed by atoms with Crippen molar-refractivity contribution in [2.75, 3.05) is 4.90 Å². The van der Waals surface area contributed by atoms with E-state index in [0.29, 0.717) is 10.6 Å². The fraction of sp³-hybridized carbons (Fsp3) is 0. The van der Waals surface area contributed by atoms with Crippen LogP contribution < -0.4 is 15.5 Å². The highest BCUT2D eigenvalue weighted by Crippen LogP contribution is 2.58. The third kappa shape index (κ3) is 3.35. The second-order valence-electron chi connectivity index (χ2n) is 8.42. The SMILES string of the molecule is N#CC1=CC(N2c3ccccc3Sc3ccccc32)=CC(C#N)=P1(c1ccccc1)c1ccccc1. The van der Waals surface area contributed by atoms with Crippen LogP contribution in [0.1, 0.15) is 0 Å². The summed E-state index contributed by atoms with van der Waals surface area (Å²) in [6, 6.07) is 41.7. The Kier molecular flexibility index (Phi) is 5.63. The van der Waals surface area contributed by atoms with Crippen molar-refractivity contribution >= 4 is 45.9 Å². The number of rotatable bonds is 3. The van der Waals surface area contributed by atoms with Crippen LogP contribution in [0.4, 0.5) is 11.4 Å². The first kappa shape index (κ1) is 22.3. The fourth-order valence-corrected chi connectivity index (χ4v) is 9.90. The molecule has 0 amide bonds. The van der Waals surface area contributed by atoms with Crippen LogP contribution in [0.25, 0.3) is 0 Å². The Hall–Kier alpha value is -4.21. The van der Waals surface area contributed by atoms with Crippen molar-refractivity contribution < 1.29 is 0 Å². The van der Waals surface area contributed by atoms with Gasteiger partial charge in [-0.25, -0.2) is 0 Å². The maximum absolute atomic E-state index is 10.6. The van der Waals surface area contributed by atoms with Crippen LogP contribution >= 0.6 is 18.6 Å². The number of hydrogen-bond acceptors (Lipinski definition) is 4. The molecule has 2 heterocycles. The Morgan fingerprint density at radius 1 is 0.583 bits per heavy atom. The highest BCUT2D eigenvalue weighted by atomic mass is 32.2. The number of nitriles is 2. The average Bonchev–Trinajstić information content (AvgIpc) is 2.96. The molecule has 0 unspecified atom stereocenters. The molecule has 0 N–H and O–H groups in total. The Bertz CT molecular complexity index is 1600. The van der Waals surface area contributed by atoms with E-state index in [0.717, 1.165) is 37.5 Å². The van der Waals surface area contributed by atoms with Gasteiger partial charge in [0, 0.05) is 22.4 Å². The first-order valence-corrected chi connectivity index (χ1v) is 14.2. The average molecular weight is 498 g/mol. The summed E-state index contributed by atoms with van der Waals surface area (Å²) in [5.74, 6) is 0. The van der Waals surface area contributed by atoms with Crippen molar-refractivity contribution in [2.24, 2.45) is 0 Å². The maximum atomic E-state index is 10.6. The number of anilines is 2. The van der Waals surface area contributed by atoms with Crippen LogP contribution in [0.2, 0.25) is 0 Å². The van der Waals surface area contributed by atoms with Gasteiger partial charge in [0.25, 0.3) is 0 Å². The van der Waals surface area contributed by atoms with E-state index in [9.17, 15) is 10.5 Å². The van der Waals surface area contributed by atoms with Gasteiger partial charge in [-0.1, -0.05) is 96.7 Å². The molecular weight excluding hydrogens is 477 g/mol. The predicted octanol–water partition coefficient (Wildman–Crippen LogP) is 6.96. The molecule has 0 fully saturated rings. The number of nitrogens with zero attached hydrogens (tertiary/aromatic N) is 3. The smallest absolute Gasteiger partial charge is 0.100 e. The lowest BCUT2D eigenvalue weighted by atomic mass is 10.1. The standard InChI is InChI=1S/C31H20N3PS/c32-21-26-19-23(34-28-15-7-9-17-30(28)36-31-18-10-8-16-29(31)34)20-27(22-33)35(26,24-11-3-1-4-12-24)25-13-5-2-6-14-25/h1-20H. The number of hydrogen-bond donors (Lipinski definition) is 0. The van der Waals surface area contributed by atoms with E-state index in [1.54, 1.807) is 11.8 Å². The molecule has 0 aromatic heterocycles. The van der Waals surface area contributed by atoms with Gasteiger partial charge >= 0.3 is 0 Å². The van der Waals surface area contributed by atoms with Gasteiger partial charge in [-0.2, -0.15) is 10.5 Å². The summed E-state index contributed by atoms with van der Waals surface area (Å²) in [6.45, 7) is -2.63. The molecule has 0 saturated carbocycles. The third-order valence-corrected chi connectivity index (χ3v) is 11.7. The van der Waals surface area contributed by atoms with Gasteiger partial charge in [0.15, 0.2) is 0 Å². The van der Waals surface area contributed by atoms with Crippen LogP contribution in [0, 0.1) is 22.7 Å². The second kappa shape index (κ2) is 9.10. The lowest BCUT2D eigenvalue weighted by Crippen LogP contribution is -2.27. The van der Waals surface area contributed by atoms with Gasteiger partial charge in [0.1, 0.15) is 12.1 Å². The molecule has 0 radical (unpaired) electrons. The summed E-state index contributed by atoms with van der Waals surface area (Å²) in [5, 5.41) is 24.5. The molecule has 0 aliphatic carbocycles. The monoisotopic (exact) mass is 497 g/mol. The number of para-hydroxylation sites is 2. The van der Waals surface area contributed by atoms with Crippen LogP contribution in [0.15, 0.2) is 142 Å². The van der Waals surface area contributed by atoms with E-state index in [4.69, 9.17) is 0 Å². The van der Waals surface area contributed by atoms with Crippen molar-refractivity contribution in [2.45, 2.75) is 9.79 Å². The first-order chi connectivity index (χ1) is 17.8. The van der Waals surface area contributed by atoms with Crippen molar-refractivity contribution in [3.8, 4) is 12.1 Å². The minimum Gasteiger partial charge on any atom is -0.308 e. The van der Waals surface area contributed by atoms with Gasteiger partial charge in [0.05, 0.1) is 22.0 Å². The summed E-state index contributed by atoms with van der Waals surface area (Å²) in [4.78, 5) is 4.46. The second-order valence-corrected chi connectivity index (χ2v) is 12.8. The van der Waals surface area contributed by atoms with E-state index in [1.807, 2.05) is 97.1 Å². The van der Waals surface area contributed by atoms with Gasteiger partial charge in [0.2, 0.25) is 0 Å². The molecule has 3 nitrogen and oxygen atoms in total. The highest BCUT2D eigenvalue weighted by molar-refractivity contribution is 7.99. The number of fused-ring (bicyclic) bond motifs is 2. The van der Waals surface area contributed by atoms with Crippen molar-refractivity contribution in [3.05, 3.63) is 132 Å². The van der Waals surface area contributed by atoms with Crippen LogP contribution in [0.3, 0.4) is 0 Å². The van der Waals surface area contributed by atoms with Crippen molar-refractivity contribution in [1.82, 2.24) is 0 Å². The van der Waals surface area contributed by atoms with E-state index in [1.165, 1.54) is 0 Å². The van der Waals surface area contributed by atoms with Gasteiger partial charge in [-0.05, 0) is 47.0 Å². The molecule has 0 saturated heterocycles. The minimum absolute atomic E-state index is 0.627. The van der Waals surface area contributed by atoms with E-state index in [-0.39, 0.29) is 0 Å². The molecule has 2 aliphatic rings. The van der Waals surface area contributed by atoms with Gasteiger partial charge in [-0.15, -0.1) is 0 Å². The zero-order chi connectivity index (χ0) is 24.5. The molecule has 4 aromatic rings. The topological polar surface area (TPSA) is 50.8 Å². The lowest BCUT2D eigenvalue weighted by molar-refractivity contribution is 1.12. The number of benzene rings is 4. The molecular formula is C31H20N3PS.